The molecule has 0 spiro atoms. The van der Waals surface area contributed by atoms with Crippen molar-refractivity contribution in [1.82, 2.24) is 30.4 Å². The number of ether oxygens (including phenoxy) is 4. The van der Waals surface area contributed by atoms with E-state index < -0.39 is 0 Å². The number of hydrogen-bond donors (Lipinski definition) is 0. The number of hydrogen-bond acceptors (Lipinski definition) is 12. The minimum Gasteiger partial charge on any atom is -0.485 e. The lowest BCUT2D eigenvalue weighted by atomic mass is 10.2. The minimum absolute atomic E-state index is 0.452. The number of rotatable bonds is 3. The molecule has 2 aliphatic rings. The van der Waals surface area contributed by atoms with Crippen LogP contribution in [0.15, 0.2) is 24.8 Å². The summed E-state index contributed by atoms with van der Waals surface area (Å²) in [5, 5.41) is 16.2. The van der Waals surface area contributed by atoms with Crippen molar-refractivity contribution in [2.24, 2.45) is 0 Å². The van der Waals surface area contributed by atoms with Crippen molar-refractivity contribution >= 4 is 22.7 Å². The topological polar surface area (TPSA) is 114 Å². The van der Waals surface area contributed by atoms with Gasteiger partial charge in [-0.05, 0) is 0 Å². The van der Waals surface area contributed by atoms with Gasteiger partial charge in [0.2, 0.25) is 0 Å². The molecule has 12 heteroatoms. The molecule has 0 unspecified atom stereocenters. The highest BCUT2D eigenvalue weighted by molar-refractivity contribution is 7.26. The Balaban J connectivity index is 1.57. The summed E-state index contributed by atoms with van der Waals surface area (Å²) in [7, 11) is 0. The Bertz CT molecular complexity index is 1120. The molecule has 0 radical (unpaired) electrons. The van der Waals surface area contributed by atoms with Gasteiger partial charge >= 0.3 is 0 Å². The van der Waals surface area contributed by atoms with Gasteiger partial charge in [0.1, 0.15) is 36.2 Å². The minimum atomic E-state index is 0.452. The van der Waals surface area contributed by atoms with Crippen molar-refractivity contribution in [1.29, 1.82) is 0 Å². The summed E-state index contributed by atoms with van der Waals surface area (Å²) in [5.41, 5.74) is 0. The van der Waals surface area contributed by atoms with Gasteiger partial charge in [0.05, 0.1) is 22.1 Å². The average molecular weight is 440 g/mol. The van der Waals surface area contributed by atoms with Crippen LogP contribution in [-0.4, -0.2) is 56.8 Å². The van der Waals surface area contributed by atoms with Gasteiger partial charge in [0.15, 0.2) is 34.6 Å². The van der Waals surface area contributed by atoms with E-state index in [0.717, 1.165) is 19.5 Å². The zero-order valence-electron chi connectivity index (χ0n) is 15.3. The second-order valence-corrected chi connectivity index (χ2v) is 8.20. The fourth-order valence-electron chi connectivity index (χ4n) is 3.20. The van der Waals surface area contributed by atoms with E-state index in [9.17, 15) is 0 Å². The van der Waals surface area contributed by atoms with Crippen molar-refractivity contribution in [2.45, 2.75) is 0 Å². The maximum atomic E-state index is 5.99. The first-order chi connectivity index (χ1) is 14.9. The van der Waals surface area contributed by atoms with Gasteiger partial charge in [0.25, 0.3) is 0 Å². The molecule has 0 bridgehead atoms. The van der Waals surface area contributed by atoms with E-state index in [0.29, 0.717) is 61.1 Å². The van der Waals surface area contributed by atoms with Gasteiger partial charge < -0.3 is 18.9 Å². The fourth-order valence-corrected chi connectivity index (χ4v) is 5.57. The van der Waals surface area contributed by atoms with Gasteiger partial charge in [-0.3, -0.25) is 0 Å². The van der Waals surface area contributed by atoms with Crippen LogP contribution >= 0.6 is 22.7 Å². The normalized spacial score (nSPS) is 14.5. The fraction of sp³-hybridized carbons (Fsp3) is 0.222. The monoisotopic (exact) mass is 440 g/mol. The lowest BCUT2D eigenvalue weighted by Crippen LogP contribution is -2.16. The second-order valence-electron chi connectivity index (χ2n) is 6.16. The Kier molecular flexibility index (Phi) is 4.16. The molecule has 0 atom stereocenters. The standard InChI is InChI=1S/C18H12N6O4S2/c1-3-21-23-17(19-1)15-11-9(25-5-7-27-11)13(29-15)14-10-12(28-8-6-26-10)16(30-14)18-20-2-4-22-24-18/h1-4H,5-8H2. The summed E-state index contributed by atoms with van der Waals surface area (Å²) in [5.74, 6) is 3.48. The molecule has 0 N–H and O–H groups in total. The molecule has 10 nitrogen and oxygen atoms in total. The third-order valence-electron chi connectivity index (χ3n) is 4.38. The summed E-state index contributed by atoms with van der Waals surface area (Å²) in [6.45, 7) is 1.81. The second kappa shape index (κ2) is 7.15. The smallest absolute Gasteiger partial charge is 0.195 e. The van der Waals surface area contributed by atoms with Crippen molar-refractivity contribution in [3.63, 3.8) is 0 Å². The zero-order valence-corrected chi connectivity index (χ0v) is 16.9. The third kappa shape index (κ3) is 2.75. The first kappa shape index (κ1) is 17.5. The molecule has 4 aromatic rings. The highest BCUT2D eigenvalue weighted by atomic mass is 32.1. The van der Waals surface area contributed by atoms with Crippen molar-refractivity contribution in [2.75, 3.05) is 26.4 Å². The Hall–Kier alpha value is -3.38. The molecule has 0 aliphatic carbocycles. The quantitative estimate of drug-likeness (QED) is 0.471. The SMILES string of the molecule is c1cnc(-c2sc(-c3sc(-c4nccnn4)c4c3OCCO4)c3c2OCCO3)nn1. The van der Waals surface area contributed by atoms with Crippen LogP contribution in [0.25, 0.3) is 31.2 Å². The highest BCUT2D eigenvalue weighted by Gasteiger charge is 2.34. The Morgan fingerprint density at radius 2 is 0.933 bits per heavy atom. The summed E-state index contributed by atoms with van der Waals surface area (Å²) >= 11 is 2.93. The van der Waals surface area contributed by atoms with Crippen LogP contribution in [-0.2, 0) is 0 Å². The van der Waals surface area contributed by atoms with E-state index in [1.165, 1.54) is 35.1 Å². The lowest BCUT2D eigenvalue weighted by Gasteiger charge is -2.18. The first-order valence-electron chi connectivity index (χ1n) is 9.03. The third-order valence-corrected chi connectivity index (χ3v) is 6.84. The van der Waals surface area contributed by atoms with Crippen molar-refractivity contribution in [3.05, 3.63) is 24.8 Å². The Morgan fingerprint density at radius 1 is 0.533 bits per heavy atom. The van der Waals surface area contributed by atoms with E-state index >= 15 is 0 Å². The van der Waals surface area contributed by atoms with Crippen molar-refractivity contribution < 1.29 is 18.9 Å². The first-order valence-corrected chi connectivity index (χ1v) is 10.7. The van der Waals surface area contributed by atoms with E-state index in [1.807, 2.05) is 0 Å². The molecular formula is C18H12N6O4S2. The van der Waals surface area contributed by atoms with Crippen LogP contribution in [0.3, 0.4) is 0 Å². The maximum Gasteiger partial charge on any atom is 0.195 e. The molecule has 150 valence electrons. The Morgan fingerprint density at radius 3 is 1.30 bits per heavy atom. The van der Waals surface area contributed by atoms with Gasteiger partial charge in [-0.15, -0.1) is 32.9 Å². The lowest BCUT2D eigenvalue weighted by molar-refractivity contribution is 0.172. The largest absolute Gasteiger partial charge is 0.485 e. The van der Waals surface area contributed by atoms with Crippen LogP contribution in [0, 0.1) is 0 Å². The van der Waals surface area contributed by atoms with Gasteiger partial charge in [-0.25, -0.2) is 9.97 Å². The van der Waals surface area contributed by atoms with E-state index in [4.69, 9.17) is 18.9 Å². The molecule has 0 saturated heterocycles. The zero-order chi connectivity index (χ0) is 19.9. The number of aromatic nitrogens is 6. The summed E-state index contributed by atoms with van der Waals surface area (Å²) < 4.78 is 23.8. The van der Waals surface area contributed by atoms with Crippen LogP contribution in [0.2, 0.25) is 0 Å². The van der Waals surface area contributed by atoms with Crippen LogP contribution in [0.4, 0.5) is 0 Å². The van der Waals surface area contributed by atoms with Crippen LogP contribution < -0.4 is 18.9 Å². The molecule has 0 fully saturated rings. The molecular weight excluding hydrogens is 428 g/mol. The molecule has 4 aromatic heterocycles. The average Bonchev–Trinajstić information content (AvgIpc) is 3.39. The van der Waals surface area contributed by atoms with E-state index in [-0.39, 0.29) is 0 Å². The molecule has 0 aromatic carbocycles. The highest BCUT2D eigenvalue weighted by Crippen LogP contribution is 2.60. The predicted octanol–water partition coefficient (Wildman–Crippen LogP) is 2.72. The Labute approximate surface area is 177 Å². The molecule has 0 amide bonds. The predicted molar refractivity (Wildman–Crippen MR) is 107 cm³/mol. The van der Waals surface area contributed by atoms with Crippen molar-refractivity contribution in [3.8, 4) is 54.2 Å². The molecule has 30 heavy (non-hydrogen) atoms. The molecule has 2 aliphatic heterocycles. The van der Waals surface area contributed by atoms with E-state index in [2.05, 4.69) is 30.4 Å². The number of fused-ring (bicyclic) bond motifs is 2. The van der Waals surface area contributed by atoms with E-state index in [1.54, 1.807) is 12.4 Å². The van der Waals surface area contributed by atoms with Crippen LogP contribution in [0.1, 0.15) is 0 Å². The summed E-state index contributed by atoms with van der Waals surface area (Å²) in [6.07, 6.45) is 6.25. The summed E-state index contributed by atoms with van der Waals surface area (Å²) in [6, 6.07) is 0. The van der Waals surface area contributed by atoms with Crippen LogP contribution in [0.5, 0.6) is 23.0 Å². The molecule has 0 saturated carbocycles. The summed E-state index contributed by atoms with van der Waals surface area (Å²) in [4.78, 5) is 11.9. The molecule has 6 rings (SSSR count). The number of thiophene rings is 2. The van der Waals surface area contributed by atoms with Gasteiger partial charge in [-0.2, -0.15) is 10.2 Å². The molecule has 6 heterocycles. The van der Waals surface area contributed by atoms with Gasteiger partial charge in [-0.1, -0.05) is 0 Å². The van der Waals surface area contributed by atoms with Gasteiger partial charge in [0, 0.05) is 12.4 Å². The maximum absolute atomic E-state index is 5.99. The number of nitrogens with zero attached hydrogens (tertiary/aromatic N) is 6.